The van der Waals surface area contributed by atoms with Crippen LogP contribution in [0.15, 0.2) is 42.5 Å². The van der Waals surface area contributed by atoms with Gasteiger partial charge in [-0.2, -0.15) is 0 Å². The molecule has 3 aromatic rings. The molecule has 0 radical (unpaired) electrons. The van der Waals surface area contributed by atoms with E-state index in [0.29, 0.717) is 30.6 Å². The van der Waals surface area contributed by atoms with E-state index in [9.17, 15) is 9.90 Å². The van der Waals surface area contributed by atoms with Crippen LogP contribution in [0.4, 0.5) is 13.2 Å². The fourth-order valence-corrected chi connectivity index (χ4v) is 7.30. The largest absolute Gasteiger partial charge is 0.497 e. The number of carboxylic acid groups (broad SMARTS) is 1. The lowest BCUT2D eigenvalue weighted by Crippen LogP contribution is -2.17. The van der Waals surface area contributed by atoms with Gasteiger partial charge in [0.15, 0.2) is 11.6 Å². The minimum Gasteiger partial charge on any atom is -0.497 e. The van der Waals surface area contributed by atoms with Gasteiger partial charge in [-0.15, -0.1) is 0 Å². The molecule has 0 aliphatic heterocycles. The summed E-state index contributed by atoms with van der Waals surface area (Å²) in [6, 6.07) is 11.5. The minimum atomic E-state index is -0.978. The first-order valence-corrected chi connectivity index (χ1v) is 13.9. The zero-order chi connectivity index (χ0) is 28.4. The molecule has 0 amide bonds. The second-order valence-corrected chi connectivity index (χ2v) is 12.3. The molecule has 4 nitrogen and oxygen atoms in total. The lowest BCUT2D eigenvalue weighted by Gasteiger charge is -2.30. The van der Waals surface area contributed by atoms with E-state index < -0.39 is 28.9 Å². The summed E-state index contributed by atoms with van der Waals surface area (Å²) in [6.45, 7) is 4.44. The second kappa shape index (κ2) is 9.57. The van der Waals surface area contributed by atoms with Crippen LogP contribution in [0.5, 0.6) is 11.5 Å². The molecule has 1 spiro atoms. The zero-order valence-electron chi connectivity index (χ0n) is 23.0. The van der Waals surface area contributed by atoms with Crippen molar-refractivity contribution < 1.29 is 32.5 Å². The summed E-state index contributed by atoms with van der Waals surface area (Å²) in [4.78, 5) is 11.6. The Bertz CT molecular complexity index is 1510. The predicted octanol–water partition coefficient (Wildman–Crippen LogP) is 7.94. The highest BCUT2D eigenvalue weighted by Gasteiger charge is 2.63. The van der Waals surface area contributed by atoms with Crippen LogP contribution >= 0.6 is 0 Å². The molecule has 40 heavy (non-hydrogen) atoms. The van der Waals surface area contributed by atoms with Crippen LogP contribution in [-0.4, -0.2) is 18.2 Å². The van der Waals surface area contributed by atoms with E-state index in [1.165, 1.54) is 6.07 Å². The Kier molecular flexibility index (Phi) is 6.39. The summed E-state index contributed by atoms with van der Waals surface area (Å²) in [5, 5.41) is 9.51. The van der Waals surface area contributed by atoms with Gasteiger partial charge in [-0.05, 0) is 83.9 Å². The fraction of sp³-hybridized carbons (Fsp3) is 0.424. The van der Waals surface area contributed by atoms with Crippen molar-refractivity contribution in [2.45, 2.75) is 70.3 Å². The first-order valence-electron chi connectivity index (χ1n) is 13.9. The highest BCUT2D eigenvalue weighted by Crippen LogP contribution is 2.63. The van der Waals surface area contributed by atoms with Crippen molar-refractivity contribution in [1.82, 2.24) is 0 Å². The highest BCUT2D eigenvalue weighted by atomic mass is 19.1. The quantitative estimate of drug-likeness (QED) is 0.325. The number of fused-ring (bicyclic) bond motifs is 2. The summed E-state index contributed by atoms with van der Waals surface area (Å²) in [7, 11) is 1.55. The molecular weight excluding hydrogens is 517 g/mol. The van der Waals surface area contributed by atoms with E-state index in [0.717, 1.165) is 42.0 Å². The van der Waals surface area contributed by atoms with E-state index in [4.69, 9.17) is 9.47 Å². The SMILES string of the molecule is COc1ccc(F)c(-c2ccc(COc3cc(F)c4c(c3F)[C@@]3(CC4)CC3C(=O)O)cc2[C@@H]2CCCC2(C)C)c1. The molecule has 0 aromatic heterocycles. The summed E-state index contributed by atoms with van der Waals surface area (Å²) in [6.07, 6.45) is 4.16. The van der Waals surface area contributed by atoms with E-state index in [1.54, 1.807) is 19.2 Å². The van der Waals surface area contributed by atoms with Gasteiger partial charge in [0.1, 0.15) is 24.0 Å². The van der Waals surface area contributed by atoms with Gasteiger partial charge >= 0.3 is 5.97 Å². The van der Waals surface area contributed by atoms with Gasteiger partial charge in [-0.1, -0.05) is 38.5 Å². The lowest BCUT2D eigenvalue weighted by molar-refractivity contribution is -0.139. The number of hydrogen-bond acceptors (Lipinski definition) is 3. The Morgan fingerprint density at radius 1 is 1.02 bits per heavy atom. The Labute approximate surface area is 232 Å². The Morgan fingerprint density at radius 2 is 1.82 bits per heavy atom. The molecule has 6 rings (SSSR count). The maximum Gasteiger partial charge on any atom is 0.307 e. The van der Waals surface area contributed by atoms with E-state index in [2.05, 4.69) is 13.8 Å². The van der Waals surface area contributed by atoms with Crippen molar-refractivity contribution in [3.63, 3.8) is 0 Å². The van der Waals surface area contributed by atoms with Gasteiger partial charge in [-0.3, -0.25) is 4.79 Å². The monoisotopic (exact) mass is 550 g/mol. The molecular formula is C33H33F3O4. The average molecular weight is 551 g/mol. The van der Waals surface area contributed by atoms with Gasteiger partial charge in [0.05, 0.1) is 13.0 Å². The minimum absolute atomic E-state index is 0.00841. The molecule has 210 valence electrons. The first-order chi connectivity index (χ1) is 19.1. The molecule has 0 heterocycles. The number of rotatable bonds is 7. The first kappa shape index (κ1) is 26.7. The van der Waals surface area contributed by atoms with Crippen molar-refractivity contribution >= 4 is 5.97 Å². The summed E-state index contributed by atoms with van der Waals surface area (Å²) in [5.41, 5.74) is 2.61. The van der Waals surface area contributed by atoms with Gasteiger partial charge in [0.2, 0.25) is 0 Å². The Hall–Kier alpha value is -3.48. The predicted molar refractivity (Wildman–Crippen MR) is 145 cm³/mol. The molecule has 2 fully saturated rings. The number of ether oxygens (including phenoxy) is 2. The molecule has 1 unspecified atom stereocenters. The Balaban J connectivity index is 1.35. The van der Waals surface area contributed by atoms with Crippen LogP contribution in [-0.2, 0) is 23.2 Å². The van der Waals surface area contributed by atoms with Crippen molar-refractivity contribution in [2.24, 2.45) is 11.3 Å². The van der Waals surface area contributed by atoms with Crippen molar-refractivity contribution in [2.75, 3.05) is 7.11 Å². The lowest BCUT2D eigenvalue weighted by atomic mass is 9.75. The highest BCUT2D eigenvalue weighted by molar-refractivity contribution is 5.78. The van der Waals surface area contributed by atoms with Crippen molar-refractivity contribution in [3.05, 3.63) is 82.2 Å². The average Bonchev–Trinajstić information content (AvgIpc) is 3.36. The van der Waals surface area contributed by atoms with Crippen LogP contribution in [0.25, 0.3) is 11.1 Å². The molecule has 0 bridgehead atoms. The number of carbonyl (C=O) groups is 1. The molecule has 3 aromatic carbocycles. The number of methoxy groups -OCH3 is 1. The van der Waals surface area contributed by atoms with Gasteiger partial charge in [-0.25, -0.2) is 13.2 Å². The van der Waals surface area contributed by atoms with E-state index in [1.807, 2.05) is 18.2 Å². The third kappa shape index (κ3) is 4.25. The number of benzene rings is 3. The van der Waals surface area contributed by atoms with Crippen LogP contribution in [0.2, 0.25) is 0 Å². The van der Waals surface area contributed by atoms with Gasteiger partial charge in [0, 0.05) is 22.6 Å². The standard InChI is InChI=1S/C33H33F3O4/c1-32(2)11-4-5-24(32)22-13-18(6-8-20(22)23-14-19(39-3)7-9-26(23)34)17-40-28-15-27(35)21-10-12-33(29(21)30(28)36)16-25(33)31(37)38/h6-9,13-15,24-25H,4-5,10-12,16-17H2,1-3H3,(H,37,38)/t24-,25?,33-/m0/s1. The zero-order valence-corrected chi connectivity index (χ0v) is 23.0. The maximum atomic E-state index is 15.7. The summed E-state index contributed by atoms with van der Waals surface area (Å²) >= 11 is 0. The number of hydrogen-bond donors (Lipinski definition) is 1. The number of carboxylic acids is 1. The molecule has 3 aliphatic carbocycles. The molecule has 2 saturated carbocycles. The number of aliphatic carboxylic acids is 1. The molecule has 0 saturated heterocycles. The smallest absolute Gasteiger partial charge is 0.307 e. The van der Waals surface area contributed by atoms with Crippen LogP contribution in [0, 0.1) is 28.8 Å². The third-order valence-corrected chi connectivity index (χ3v) is 9.58. The van der Waals surface area contributed by atoms with E-state index in [-0.39, 0.29) is 40.6 Å². The van der Waals surface area contributed by atoms with E-state index >= 15 is 13.2 Å². The van der Waals surface area contributed by atoms with Crippen molar-refractivity contribution in [3.8, 4) is 22.6 Å². The normalized spacial score (nSPS) is 24.2. The molecule has 3 aliphatic rings. The molecule has 3 atom stereocenters. The molecule has 7 heteroatoms. The summed E-state index contributed by atoms with van der Waals surface area (Å²) in [5.74, 6) is -2.70. The topological polar surface area (TPSA) is 55.8 Å². The Morgan fingerprint density at radius 3 is 2.50 bits per heavy atom. The maximum absolute atomic E-state index is 15.7. The van der Waals surface area contributed by atoms with Crippen LogP contribution in [0.1, 0.15) is 74.1 Å². The second-order valence-electron chi connectivity index (χ2n) is 12.3. The van der Waals surface area contributed by atoms with Gasteiger partial charge in [0.25, 0.3) is 0 Å². The van der Waals surface area contributed by atoms with Gasteiger partial charge < -0.3 is 14.6 Å². The fourth-order valence-electron chi connectivity index (χ4n) is 7.30. The number of halogens is 3. The molecule has 1 N–H and O–H groups in total. The van der Waals surface area contributed by atoms with Crippen LogP contribution in [0.3, 0.4) is 0 Å². The third-order valence-electron chi connectivity index (χ3n) is 9.58. The van der Waals surface area contributed by atoms with Crippen LogP contribution < -0.4 is 9.47 Å². The van der Waals surface area contributed by atoms with Crippen molar-refractivity contribution in [1.29, 1.82) is 0 Å². The summed E-state index contributed by atoms with van der Waals surface area (Å²) < 4.78 is 57.0.